The van der Waals surface area contributed by atoms with Crippen molar-refractivity contribution < 1.29 is 24.0 Å². The van der Waals surface area contributed by atoms with Crippen LogP contribution in [0, 0.1) is 10.1 Å². The first-order valence-corrected chi connectivity index (χ1v) is 9.28. The lowest BCUT2D eigenvalue weighted by atomic mass is 10.1. The van der Waals surface area contributed by atoms with Crippen LogP contribution in [0.5, 0.6) is 5.75 Å². The summed E-state index contributed by atoms with van der Waals surface area (Å²) in [5.41, 5.74) is 1.23. The van der Waals surface area contributed by atoms with Crippen LogP contribution in [0.2, 0.25) is 0 Å². The van der Waals surface area contributed by atoms with E-state index in [4.69, 9.17) is 9.47 Å². The first kappa shape index (κ1) is 20.2. The molecule has 29 heavy (non-hydrogen) atoms. The molecule has 150 valence electrons. The highest BCUT2D eigenvalue weighted by Crippen LogP contribution is 2.23. The van der Waals surface area contributed by atoms with Crippen LogP contribution in [-0.4, -0.2) is 35.6 Å². The minimum atomic E-state index is -0.521. The van der Waals surface area contributed by atoms with Gasteiger partial charge in [-0.3, -0.25) is 19.7 Å². The number of nitro benzene ring substituents is 1. The lowest BCUT2D eigenvalue weighted by Crippen LogP contribution is -2.22. The van der Waals surface area contributed by atoms with Crippen LogP contribution in [0.4, 0.5) is 5.69 Å². The van der Waals surface area contributed by atoms with Crippen molar-refractivity contribution in [3.63, 3.8) is 0 Å². The third kappa shape index (κ3) is 4.66. The SMILES string of the molecule is COC(=O)Cn1c(=NC(=O)Cc2ccc(OC)cc2)sc2cc([N+](=O)[O-])ccc21. The molecule has 0 fully saturated rings. The zero-order valence-corrected chi connectivity index (χ0v) is 16.5. The van der Waals surface area contributed by atoms with Gasteiger partial charge in [0.25, 0.3) is 11.6 Å². The summed E-state index contributed by atoms with van der Waals surface area (Å²) in [6, 6.07) is 11.3. The van der Waals surface area contributed by atoms with Gasteiger partial charge >= 0.3 is 5.97 Å². The van der Waals surface area contributed by atoms with Crippen molar-refractivity contribution in [2.24, 2.45) is 4.99 Å². The van der Waals surface area contributed by atoms with E-state index in [2.05, 4.69) is 4.99 Å². The van der Waals surface area contributed by atoms with Crippen molar-refractivity contribution in [1.29, 1.82) is 0 Å². The molecule has 3 rings (SSSR count). The maximum Gasteiger partial charge on any atom is 0.325 e. The second kappa shape index (κ2) is 8.65. The second-order valence-electron chi connectivity index (χ2n) is 5.99. The molecule has 0 atom stereocenters. The Kier molecular flexibility index (Phi) is 6.03. The van der Waals surface area contributed by atoms with E-state index in [1.807, 2.05) is 0 Å². The molecule has 1 heterocycles. The monoisotopic (exact) mass is 415 g/mol. The maximum absolute atomic E-state index is 12.5. The molecule has 0 aliphatic carbocycles. The number of nitrogens with zero attached hydrogens (tertiary/aromatic N) is 3. The van der Waals surface area contributed by atoms with Crippen LogP contribution in [-0.2, 0) is 27.3 Å². The highest BCUT2D eigenvalue weighted by Gasteiger charge is 2.15. The average molecular weight is 415 g/mol. The molecule has 0 saturated heterocycles. The van der Waals surface area contributed by atoms with Crippen LogP contribution in [0.1, 0.15) is 5.56 Å². The van der Waals surface area contributed by atoms with Crippen LogP contribution < -0.4 is 9.54 Å². The standard InChI is InChI=1S/C19H17N3O6S/c1-27-14-6-3-12(4-7-14)9-17(23)20-19-21(11-18(24)28-2)15-8-5-13(22(25)26)10-16(15)29-19/h3-8,10H,9,11H2,1-2H3. The average Bonchev–Trinajstić information content (AvgIpc) is 3.04. The van der Waals surface area contributed by atoms with E-state index < -0.39 is 16.8 Å². The van der Waals surface area contributed by atoms with Gasteiger partial charge in [-0.15, -0.1) is 0 Å². The van der Waals surface area contributed by atoms with Crippen LogP contribution in [0.25, 0.3) is 10.2 Å². The van der Waals surface area contributed by atoms with Crippen molar-refractivity contribution >= 4 is 39.1 Å². The lowest BCUT2D eigenvalue weighted by molar-refractivity contribution is -0.384. The van der Waals surface area contributed by atoms with Gasteiger partial charge in [-0.25, -0.2) is 0 Å². The van der Waals surface area contributed by atoms with Crippen molar-refractivity contribution in [3.05, 3.63) is 62.9 Å². The molecule has 0 N–H and O–H groups in total. The fraction of sp³-hybridized carbons (Fsp3) is 0.211. The number of rotatable bonds is 6. The van der Waals surface area contributed by atoms with E-state index in [1.165, 1.54) is 29.9 Å². The van der Waals surface area contributed by atoms with Gasteiger partial charge in [0.1, 0.15) is 12.3 Å². The van der Waals surface area contributed by atoms with Crippen molar-refractivity contribution in [2.75, 3.05) is 14.2 Å². The summed E-state index contributed by atoms with van der Waals surface area (Å²) >= 11 is 1.10. The summed E-state index contributed by atoms with van der Waals surface area (Å²) in [5.74, 6) is -0.248. The zero-order valence-electron chi connectivity index (χ0n) is 15.7. The van der Waals surface area contributed by atoms with Crippen molar-refractivity contribution in [2.45, 2.75) is 13.0 Å². The normalized spacial score (nSPS) is 11.4. The summed E-state index contributed by atoms with van der Waals surface area (Å²) in [6.07, 6.45) is 0.0661. The molecular weight excluding hydrogens is 398 g/mol. The molecular formula is C19H17N3O6S. The molecule has 0 radical (unpaired) electrons. The molecule has 1 amide bonds. The summed E-state index contributed by atoms with van der Waals surface area (Å²) in [7, 11) is 2.81. The molecule has 2 aromatic carbocycles. The smallest absolute Gasteiger partial charge is 0.325 e. The number of methoxy groups -OCH3 is 2. The van der Waals surface area contributed by atoms with Gasteiger partial charge in [0.05, 0.1) is 35.8 Å². The van der Waals surface area contributed by atoms with Gasteiger partial charge in [-0.1, -0.05) is 23.5 Å². The number of ether oxygens (including phenoxy) is 2. The molecule has 1 aromatic heterocycles. The van der Waals surface area contributed by atoms with Gasteiger partial charge in [0, 0.05) is 12.1 Å². The van der Waals surface area contributed by atoms with E-state index in [9.17, 15) is 19.7 Å². The van der Waals surface area contributed by atoms with Gasteiger partial charge in [0.2, 0.25) is 0 Å². The van der Waals surface area contributed by atoms with E-state index in [-0.39, 0.29) is 23.5 Å². The second-order valence-corrected chi connectivity index (χ2v) is 7.00. The van der Waals surface area contributed by atoms with Gasteiger partial charge in [-0.2, -0.15) is 4.99 Å². The van der Waals surface area contributed by atoms with Crippen LogP contribution >= 0.6 is 11.3 Å². The molecule has 0 aliphatic heterocycles. The topological polar surface area (TPSA) is 113 Å². The maximum atomic E-state index is 12.5. The zero-order chi connectivity index (χ0) is 21.0. The first-order chi connectivity index (χ1) is 13.9. The number of non-ortho nitro benzene ring substituents is 1. The van der Waals surface area contributed by atoms with Gasteiger partial charge in [-0.05, 0) is 23.8 Å². The predicted molar refractivity (Wildman–Crippen MR) is 106 cm³/mol. The molecule has 0 aliphatic rings. The van der Waals surface area contributed by atoms with E-state index >= 15 is 0 Å². The summed E-state index contributed by atoms with van der Waals surface area (Å²) in [4.78, 5) is 39.2. The quantitative estimate of drug-likeness (QED) is 0.347. The highest BCUT2D eigenvalue weighted by molar-refractivity contribution is 7.16. The third-order valence-electron chi connectivity index (χ3n) is 4.13. The molecule has 3 aromatic rings. The lowest BCUT2D eigenvalue weighted by Gasteiger charge is -2.04. The highest BCUT2D eigenvalue weighted by atomic mass is 32.1. The fourth-order valence-corrected chi connectivity index (χ4v) is 3.75. The number of amides is 1. The summed E-state index contributed by atoms with van der Waals surface area (Å²) < 4.78 is 11.9. The number of hydrogen-bond donors (Lipinski definition) is 0. The third-order valence-corrected chi connectivity index (χ3v) is 5.17. The molecule has 0 bridgehead atoms. The number of carbonyl (C=O) groups is 2. The Morgan fingerprint density at radius 1 is 1.17 bits per heavy atom. The van der Waals surface area contributed by atoms with Gasteiger partial charge in [0.15, 0.2) is 4.80 Å². The predicted octanol–water partition coefficient (Wildman–Crippen LogP) is 2.46. The Bertz CT molecular complexity index is 1150. The Labute approximate surface area is 169 Å². The number of esters is 1. The minimum Gasteiger partial charge on any atom is -0.497 e. The Morgan fingerprint density at radius 2 is 1.90 bits per heavy atom. The molecule has 0 unspecified atom stereocenters. The number of benzene rings is 2. The molecule has 9 nitrogen and oxygen atoms in total. The number of aromatic nitrogens is 1. The van der Waals surface area contributed by atoms with Crippen LogP contribution in [0.15, 0.2) is 47.5 Å². The van der Waals surface area contributed by atoms with E-state index in [1.54, 1.807) is 31.4 Å². The van der Waals surface area contributed by atoms with E-state index in [0.717, 1.165) is 16.9 Å². The van der Waals surface area contributed by atoms with E-state index in [0.29, 0.717) is 16.0 Å². The van der Waals surface area contributed by atoms with Crippen LogP contribution in [0.3, 0.4) is 0 Å². The number of carbonyl (C=O) groups excluding carboxylic acids is 2. The van der Waals surface area contributed by atoms with Crippen molar-refractivity contribution in [3.8, 4) is 5.75 Å². The number of hydrogen-bond acceptors (Lipinski definition) is 7. The number of nitro groups is 1. The Morgan fingerprint density at radius 3 is 2.52 bits per heavy atom. The molecule has 10 heteroatoms. The Hall–Kier alpha value is -3.53. The Balaban J connectivity index is 2.00. The first-order valence-electron chi connectivity index (χ1n) is 8.46. The summed E-state index contributed by atoms with van der Waals surface area (Å²) in [5, 5.41) is 11.0. The molecule has 0 saturated carbocycles. The van der Waals surface area contributed by atoms with Gasteiger partial charge < -0.3 is 14.0 Å². The fourth-order valence-electron chi connectivity index (χ4n) is 2.67. The summed E-state index contributed by atoms with van der Waals surface area (Å²) in [6.45, 7) is -0.164. The number of fused-ring (bicyclic) bond motifs is 1. The largest absolute Gasteiger partial charge is 0.497 e. The molecule has 0 spiro atoms. The minimum absolute atomic E-state index is 0.0661. The number of thiazole rings is 1. The van der Waals surface area contributed by atoms with Crippen molar-refractivity contribution in [1.82, 2.24) is 4.57 Å².